The minimum absolute atomic E-state index is 0.168. The smallest absolute Gasteiger partial charge is 0.0515 e. The van der Waals surface area contributed by atoms with E-state index in [9.17, 15) is 5.11 Å². The van der Waals surface area contributed by atoms with Crippen LogP contribution in [-0.4, -0.2) is 23.8 Å². The van der Waals surface area contributed by atoms with Crippen LogP contribution in [0.2, 0.25) is 0 Å². The maximum Gasteiger partial charge on any atom is 0.0515 e. The minimum Gasteiger partial charge on any atom is -0.393 e. The van der Waals surface area contributed by atoms with Crippen LogP contribution in [-0.2, 0) is 0 Å². The Morgan fingerprint density at radius 1 is 1.12 bits per heavy atom. The van der Waals surface area contributed by atoms with Gasteiger partial charge in [0, 0.05) is 6.04 Å². The van der Waals surface area contributed by atoms with Crippen LogP contribution < -0.4 is 5.32 Å². The van der Waals surface area contributed by atoms with Crippen LogP contribution in [0.3, 0.4) is 0 Å². The second-order valence-corrected chi connectivity index (χ2v) is 6.40. The summed E-state index contributed by atoms with van der Waals surface area (Å²) in [4.78, 5) is 0. The maximum absolute atomic E-state index is 9.37. The SMILES string of the molecule is CC(O)CC(C)CNC1CCCCC1C(C)C. The Hall–Kier alpha value is -0.0800. The van der Waals surface area contributed by atoms with Crippen molar-refractivity contribution in [3.63, 3.8) is 0 Å². The third kappa shape index (κ3) is 5.39. The van der Waals surface area contributed by atoms with Crippen LogP contribution in [0.25, 0.3) is 0 Å². The third-order valence-corrected chi connectivity index (χ3v) is 4.15. The van der Waals surface area contributed by atoms with Crippen LogP contribution in [0.15, 0.2) is 0 Å². The molecule has 0 bridgehead atoms. The van der Waals surface area contributed by atoms with E-state index < -0.39 is 0 Å². The Morgan fingerprint density at radius 2 is 1.76 bits per heavy atom. The highest BCUT2D eigenvalue weighted by Gasteiger charge is 2.27. The van der Waals surface area contributed by atoms with Crippen molar-refractivity contribution in [2.75, 3.05) is 6.54 Å². The summed E-state index contributed by atoms with van der Waals surface area (Å²) in [6, 6.07) is 0.709. The Labute approximate surface area is 107 Å². The summed E-state index contributed by atoms with van der Waals surface area (Å²) >= 11 is 0. The summed E-state index contributed by atoms with van der Waals surface area (Å²) in [6.45, 7) is 9.87. The monoisotopic (exact) mass is 241 g/mol. The van der Waals surface area contributed by atoms with E-state index in [1.807, 2.05) is 6.92 Å². The molecule has 0 aromatic carbocycles. The van der Waals surface area contributed by atoms with Crippen molar-refractivity contribution in [2.24, 2.45) is 17.8 Å². The first-order chi connectivity index (χ1) is 8.00. The Balaban J connectivity index is 2.32. The molecule has 4 atom stereocenters. The highest BCUT2D eigenvalue weighted by molar-refractivity contribution is 4.83. The van der Waals surface area contributed by atoms with Crippen LogP contribution >= 0.6 is 0 Å². The lowest BCUT2D eigenvalue weighted by atomic mass is 9.77. The predicted molar refractivity (Wildman–Crippen MR) is 74.0 cm³/mol. The molecule has 17 heavy (non-hydrogen) atoms. The van der Waals surface area contributed by atoms with E-state index in [0.717, 1.165) is 24.8 Å². The topological polar surface area (TPSA) is 32.3 Å². The third-order valence-electron chi connectivity index (χ3n) is 4.15. The van der Waals surface area contributed by atoms with Gasteiger partial charge in [-0.15, -0.1) is 0 Å². The highest BCUT2D eigenvalue weighted by atomic mass is 16.3. The summed E-state index contributed by atoms with van der Waals surface area (Å²) < 4.78 is 0. The van der Waals surface area contributed by atoms with Crippen LogP contribution in [0, 0.1) is 17.8 Å². The molecule has 0 amide bonds. The average Bonchev–Trinajstić information content (AvgIpc) is 2.25. The number of hydrogen-bond donors (Lipinski definition) is 2. The van der Waals surface area contributed by atoms with Crippen molar-refractivity contribution in [2.45, 2.75) is 71.9 Å². The number of rotatable bonds is 6. The summed E-state index contributed by atoms with van der Waals surface area (Å²) in [5.41, 5.74) is 0. The first kappa shape index (κ1) is 15.0. The van der Waals surface area contributed by atoms with Gasteiger partial charge in [0.05, 0.1) is 6.10 Å². The molecular formula is C15H31NO. The molecule has 0 aromatic heterocycles. The zero-order chi connectivity index (χ0) is 12.8. The number of nitrogens with one attached hydrogen (secondary N) is 1. The molecule has 0 heterocycles. The van der Waals surface area contributed by atoms with Crippen molar-refractivity contribution in [1.82, 2.24) is 5.32 Å². The van der Waals surface area contributed by atoms with Crippen LogP contribution in [0.4, 0.5) is 0 Å². The van der Waals surface area contributed by atoms with E-state index in [1.54, 1.807) is 0 Å². The largest absolute Gasteiger partial charge is 0.393 e. The molecule has 2 heteroatoms. The number of hydrogen-bond acceptors (Lipinski definition) is 2. The molecular weight excluding hydrogens is 210 g/mol. The van der Waals surface area contributed by atoms with Gasteiger partial charge in [-0.2, -0.15) is 0 Å². The van der Waals surface area contributed by atoms with Gasteiger partial charge in [0.15, 0.2) is 0 Å². The Kier molecular flexibility index (Phi) is 6.50. The second kappa shape index (κ2) is 7.38. The Bertz CT molecular complexity index is 203. The van der Waals surface area contributed by atoms with Gasteiger partial charge in [-0.05, 0) is 50.5 Å². The van der Waals surface area contributed by atoms with E-state index in [4.69, 9.17) is 0 Å². The van der Waals surface area contributed by atoms with E-state index in [0.29, 0.717) is 12.0 Å². The fraction of sp³-hybridized carbons (Fsp3) is 1.00. The second-order valence-electron chi connectivity index (χ2n) is 6.40. The van der Waals surface area contributed by atoms with Gasteiger partial charge in [0.25, 0.3) is 0 Å². The number of aliphatic hydroxyl groups is 1. The molecule has 0 aliphatic heterocycles. The molecule has 1 aliphatic rings. The predicted octanol–water partition coefficient (Wildman–Crippen LogP) is 3.20. The lowest BCUT2D eigenvalue weighted by molar-refractivity contribution is 0.154. The normalized spacial score (nSPS) is 29.3. The van der Waals surface area contributed by atoms with Crippen molar-refractivity contribution >= 4 is 0 Å². The van der Waals surface area contributed by atoms with E-state index in [2.05, 4.69) is 26.1 Å². The molecule has 0 saturated heterocycles. The van der Waals surface area contributed by atoms with Gasteiger partial charge in [-0.1, -0.05) is 33.6 Å². The van der Waals surface area contributed by atoms with E-state index in [-0.39, 0.29) is 6.10 Å². The van der Waals surface area contributed by atoms with Gasteiger partial charge >= 0.3 is 0 Å². The Morgan fingerprint density at radius 3 is 2.35 bits per heavy atom. The molecule has 1 saturated carbocycles. The molecule has 1 rings (SSSR count). The van der Waals surface area contributed by atoms with Crippen LogP contribution in [0.5, 0.6) is 0 Å². The van der Waals surface area contributed by atoms with E-state index >= 15 is 0 Å². The van der Waals surface area contributed by atoms with E-state index in [1.165, 1.54) is 25.7 Å². The zero-order valence-corrected chi connectivity index (χ0v) is 12.1. The molecule has 0 radical (unpaired) electrons. The summed E-state index contributed by atoms with van der Waals surface area (Å²) in [5, 5.41) is 13.1. The van der Waals surface area contributed by atoms with Gasteiger partial charge in [0.1, 0.15) is 0 Å². The fourth-order valence-electron chi connectivity index (χ4n) is 3.23. The van der Waals surface area contributed by atoms with Crippen molar-refractivity contribution < 1.29 is 5.11 Å². The number of aliphatic hydroxyl groups excluding tert-OH is 1. The molecule has 2 nitrogen and oxygen atoms in total. The summed E-state index contributed by atoms with van der Waals surface area (Å²) in [7, 11) is 0. The quantitative estimate of drug-likeness (QED) is 0.748. The molecule has 0 aromatic rings. The lowest BCUT2D eigenvalue weighted by Crippen LogP contribution is -2.42. The molecule has 4 unspecified atom stereocenters. The lowest BCUT2D eigenvalue weighted by Gasteiger charge is -2.35. The fourth-order valence-corrected chi connectivity index (χ4v) is 3.23. The van der Waals surface area contributed by atoms with Gasteiger partial charge in [-0.3, -0.25) is 0 Å². The minimum atomic E-state index is -0.168. The first-order valence-electron chi connectivity index (χ1n) is 7.42. The first-order valence-corrected chi connectivity index (χ1v) is 7.42. The maximum atomic E-state index is 9.37. The molecule has 1 aliphatic carbocycles. The molecule has 2 N–H and O–H groups in total. The van der Waals surface area contributed by atoms with Gasteiger partial charge in [-0.25, -0.2) is 0 Å². The molecule has 1 fully saturated rings. The molecule has 0 spiro atoms. The van der Waals surface area contributed by atoms with Crippen LogP contribution in [0.1, 0.15) is 59.8 Å². The van der Waals surface area contributed by atoms with Crippen molar-refractivity contribution in [1.29, 1.82) is 0 Å². The van der Waals surface area contributed by atoms with Gasteiger partial charge < -0.3 is 10.4 Å². The zero-order valence-electron chi connectivity index (χ0n) is 12.1. The standard InChI is InChI=1S/C15H31NO/c1-11(2)14-7-5-6-8-15(14)16-10-12(3)9-13(4)17/h11-17H,5-10H2,1-4H3. The molecule has 102 valence electrons. The van der Waals surface area contributed by atoms with Crippen molar-refractivity contribution in [3.05, 3.63) is 0 Å². The highest BCUT2D eigenvalue weighted by Crippen LogP contribution is 2.30. The van der Waals surface area contributed by atoms with Gasteiger partial charge in [0.2, 0.25) is 0 Å². The van der Waals surface area contributed by atoms with Crippen molar-refractivity contribution in [3.8, 4) is 0 Å². The summed E-state index contributed by atoms with van der Waals surface area (Å²) in [6.07, 6.45) is 6.26. The average molecular weight is 241 g/mol. The summed E-state index contributed by atoms with van der Waals surface area (Å²) in [5.74, 6) is 2.21.